The standard InChI is InChI=1S/C16H20N2O4S2/c1-11(2)7-8-17-16(20)13-6-5-12(10-14(13)19)18-24(21,22)15-4-3-9-23-15/h3-6,9-11,18-19H,7-8H2,1-2H3,(H,17,20). The third-order valence-electron chi connectivity index (χ3n) is 3.26. The monoisotopic (exact) mass is 368 g/mol. The lowest BCUT2D eigenvalue weighted by Gasteiger charge is -2.10. The molecule has 0 spiro atoms. The van der Waals surface area contributed by atoms with Crippen LogP contribution in [0.2, 0.25) is 0 Å². The van der Waals surface area contributed by atoms with Crippen molar-refractivity contribution in [3.05, 3.63) is 41.3 Å². The molecular weight excluding hydrogens is 348 g/mol. The largest absolute Gasteiger partial charge is 0.507 e. The van der Waals surface area contributed by atoms with Crippen LogP contribution in [0.5, 0.6) is 5.75 Å². The van der Waals surface area contributed by atoms with Crippen molar-refractivity contribution in [1.82, 2.24) is 5.32 Å². The van der Waals surface area contributed by atoms with Gasteiger partial charge < -0.3 is 10.4 Å². The average Bonchev–Trinajstić information content (AvgIpc) is 3.01. The summed E-state index contributed by atoms with van der Waals surface area (Å²) in [5, 5.41) is 14.4. The van der Waals surface area contributed by atoms with Crippen molar-refractivity contribution in [1.29, 1.82) is 0 Å². The van der Waals surface area contributed by atoms with E-state index < -0.39 is 10.0 Å². The number of benzene rings is 1. The zero-order valence-corrected chi connectivity index (χ0v) is 15.1. The van der Waals surface area contributed by atoms with E-state index in [4.69, 9.17) is 0 Å². The number of sulfonamides is 1. The molecular formula is C16H20N2O4S2. The Balaban J connectivity index is 2.08. The molecule has 0 unspecified atom stereocenters. The average molecular weight is 368 g/mol. The van der Waals surface area contributed by atoms with Crippen molar-refractivity contribution in [2.24, 2.45) is 5.92 Å². The summed E-state index contributed by atoms with van der Waals surface area (Å²) in [6.45, 7) is 4.62. The smallest absolute Gasteiger partial charge is 0.271 e. The molecule has 1 aromatic heterocycles. The van der Waals surface area contributed by atoms with Crippen LogP contribution in [0, 0.1) is 5.92 Å². The fourth-order valence-corrected chi connectivity index (χ4v) is 4.02. The van der Waals surface area contributed by atoms with Crippen LogP contribution in [0.25, 0.3) is 0 Å². The number of nitrogens with one attached hydrogen (secondary N) is 2. The molecule has 0 fully saturated rings. The second-order valence-corrected chi connectivity index (χ2v) is 8.56. The van der Waals surface area contributed by atoms with Crippen molar-refractivity contribution < 1.29 is 18.3 Å². The zero-order valence-electron chi connectivity index (χ0n) is 13.4. The van der Waals surface area contributed by atoms with Gasteiger partial charge in [0.05, 0.1) is 11.3 Å². The van der Waals surface area contributed by atoms with Crippen LogP contribution < -0.4 is 10.0 Å². The summed E-state index contributed by atoms with van der Waals surface area (Å²) >= 11 is 1.10. The molecule has 2 aromatic rings. The van der Waals surface area contributed by atoms with E-state index in [-0.39, 0.29) is 27.1 Å². The highest BCUT2D eigenvalue weighted by Gasteiger charge is 2.17. The van der Waals surface area contributed by atoms with E-state index in [0.29, 0.717) is 12.5 Å². The minimum atomic E-state index is -3.69. The molecule has 6 nitrogen and oxygen atoms in total. The van der Waals surface area contributed by atoms with Gasteiger partial charge in [0.1, 0.15) is 9.96 Å². The number of hydrogen-bond acceptors (Lipinski definition) is 5. The molecule has 0 aliphatic rings. The van der Waals surface area contributed by atoms with Crippen molar-refractivity contribution >= 4 is 33.0 Å². The second-order valence-electron chi connectivity index (χ2n) is 5.71. The molecule has 24 heavy (non-hydrogen) atoms. The summed E-state index contributed by atoms with van der Waals surface area (Å²) in [4.78, 5) is 12.0. The first-order valence-corrected chi connectivity index (χ1v) is 9.83. The number of phenolic OH excluding ortho intramolecular Hbond substituents is 1. The number of anilines is 1. The first kappa shape index (κ1) is 18.3. The normalized spacial score (nSPS) is 11.5. The number of rotatable bonds is 7. The summed E-state index contributed by atoms with van der Waals surface area (Å²) in [6, 6.07) is 7.20. The van der Waals surface area contributed by atoms with Crippen molar-refractivity contribution in [3.63, 3.8) is 0 Å². The van der Waals surface area contributed by atoms with Gasteiger partial charge in [0.15, 0.2) is 0 Å². The highest BCUT2D eigenvalue weighted by Crippen LogP contribution is 2.25. The van der Waals surface area contributed by atoms with Crippen LogP contribution >= 0.6 is 11.3 Å². The molecule has 0 saturated heterocycles. The summed E-state index contributed by atoms with van der Waals surface area (Å²) in [6.07, 6.45) is 0.838. The first-order chi connectivity index (χ1) is 11.3. The Morgan fingerprint density at radius 2 is 2.04 bits per heavy atom. The predicted molar refractivity (Wildman–Crippen MR) is 95.0 cm³/mol. The molecule has 1 amide bonds. The van der Waals surface area contributed by atoms with E-state index >= 15 is 0 Å². The van der Waals surface area contributed by atoms with Gasteiger partial charge in [-0.15, -0.1) is 11.3 Å². The van der Waals surface area contributed by atoms with E-state index in [9.17, 15) is 18.3 Å². The Morgan fingerprint density at radius 3 is 2.62 bits per heavy atom. The molecule has 0 aliphatic heterocycles. The fourth-order valence-electron chi connectivity index (χ4n) is 1.98. The third kappa shape index (κ3) is 4.72. The number of hydrogen-bond donors (Lipinski definition) is 3. The number of phenols is 1. The lowest BCUT2D eigenvalue weighted by atomic mass is 10.1. The van der Waals surface area contributed by atoms with Crippen LogP contribution in [0.1, 0.15) is 30.6 Å². The molecule has 0 aliphatic carbocycles. The molecule has 1 aromatic carbocycles. The van der Waals surface area contributed by atoms with Gasteiger partial charge in [0.2, 0.25) is 0 Å². The first-order valence-electron chi connectivity index (χ1n) is 7.47. The maximum Gasteiger partial charge on any atom is 0.271 e. The van der Waals surface area contributed by atoms with Gasteiger partial charge in [-0.2, -0.15) is 0 Å². The predicted octanol–water partition coefficient (Wildman–Crippen LogP) is 3.03. The number of aromatic hydroxyl groups is 1. The second kappa shape index (κ2) is 7.67. The van der Waals surface area contributed by atoms with Crippen LogP contribution in [0.4, 0.5) is 5.69 Å². The summed E-state index contributed by atoms with van der Waals surface area (Å²) < 4.78 is 26.8. The van der Waals surface area contributed by atoms with Gasteiger partial charge >= 0.3 is 0 Å². The maximum absolute atomic E-state index is 12.1. The van der Waals surface area contributed by atoms with Crippen molar-refractivity contribution in [2.75, 3.05) is 11.3 Å². The lowest BCUT2D eigenvalue weighted by Crippen LogP contribution is -2.25. The Kier molecular flexibility index (Phi) is 5.84. The maximum atomic E-state index is 12.1. The Labute approximate surface area is 145 Å². The highest BCUT2D eigenvalue weighted by atomic mass is 32.2. The number of amides is 1. The molecule has 3 N–H and O–H groups in total. The minimum Gasteiger partial charge on any atom is -0.507 e. The lowest BCUT2D eigenvalue weighted by molar-refractivity contribution is 0.0949. The Morgan fingerprint density at radius 1 is 1.29 bits per heavy atom. The topological polar surface area (TPSA) is 95.5 Å². The minimum absolute atomic E-state index is 0.109. The molecule has 8 heteroatoms. The van der Waals surface area contributed by atoms with E-state index in [1.807, 2.05) is 0 Å². The number of carbonyl (C=O) groups is 1. The fraction of sp³-hybridized carbons (Fsp3) is 0.312. The summed E-state index contributed by atoms with van der Waals surface area (Å²) in [7, 11) is -3.69. The van der Waals surface area contributed by atoms with Gasteiger partial charge in [-0.1, -0.05) is 19.9 Å². The van der Waals surface area contributed by atoms with Crippen molar-refractivity contribution in [3.8, 4) is 5.75 Å². The molecule has 0 atom stereocenters. The van der Waals surface area contributed by atoms with Crippen LogP contribution in [-0.4, -0.2) is 26.0 Å². The van der Waals surface area contributed by atoms with Gasteiger partial charge in [0.25, 0.3) is 15.9 Å². The molecule has 0 saturated carbocycles. The highest BCUT2D eigenvalue weighted by molar-refractivity contribution is 7.94. The van der Waals surface area contributed by atoms with Gasteiger partial charge in [0, 0.05) is 12.6 Å². The number of carbonyl (C=O) groups excluding carboxylic acids is 1. The molecule has 2 rings (SSSR count). The van der Waals surface area contributed by atoms with E-state index in [2.05, 4.69) is 23.9 Å². The van der Waals surface area contributed by atoms with Crippen molar-refractivity contribution in [2.45, 2.75) is 24.5 Å². The zero-order chi connectivity index (χ0) is 17.7. The molecule has 130 valence electrons. The number of thiophene rings is 1. The molecule has 1 heterocycles. The van der Waals surface area contributed by atoms with Crippen LogP contribution in [-0.2, 0) is 10.0 Å². The molecule has 0 radical (unpaired) electrons. The van der Waals surface area contributed by atoms with Gasteiger partial charge in [-0.3, -0.25) is 9.52 Å². The van der Waals surface area contributed by atoms with E-state index in [0.717, 1.165) is 17.8 Å². The van der Waals surface area contributed by atoms with E-state index in [1.165, 1.54) is 24.3 Å². The van der Waals surface area contributed by atoms with Gasteiger partial charge in [-0.25, -0.2) is 8.42 Å². The Bertz CT molecular complexity index is 799. The van der Waals surface area contributed by atoms with Crippen LogP contribution in [0.3, 0.4) is 0 Å². The van der Waals surface area contributed by atoms with Gasteiger partial charge in [-0.05, 0) is 35.9 Å². The third-order valence-corrected chi connectivity index (χ3v) is 6.04. The Hall–Kier alpha value is -2.06. The summed E-state index contributed by atoms with van der Waals surface area (Å²) in [5.74, 6) is -0.197. The van der Waals surface area contributed by atoms with E-state index in [1.54, 1.807) is 11.4 Å². The van der Waals surface area contributed by atoms with Crippen LogP contribution in [0.15, 0.2) is 39.9 Å². The summed E-state index contributed by atoms with van der Waals surface area (Å²) in [5.41, 5.74) is 0.303. The quantitative estimate of drug-likeness (QED) is 0.700. The molecule has 0 bridgehead atoms. The SMILES string of the molecule is CC(C)CCNC(=O)c1ccc(NS(=O)(=O)c2cccs2)cc1O.